The van der Waals surface area contributed by atoms with E-state index in [1.54, 1.807) is 0 Å². The molecule has 1 saturated carbocycles. The number of aliphatic hydroxyl groups is 1. The van der Waals surface area contributed by atoms with E-state index >= 15 is 0 Å². The van der Waals surface area contributed by atoms with Crippen LogP contribution in [0, 0.1) is 12.8 Å². The van der Waals surface area contributed by atoms with E-state index in [0.717, 1.165) is 48.7 Å². The Morgan fingerprint density at radius 3 is 2.65 bits per heavy atom. The van der Waals surface area contributed by atoms with Crippen molar-refractivity contribution in [1.82, 2.24) is 9.97 Å². The smallest absolute Gasteiger partial charge is 0.135 e. The van der Waals surface area contributed by atoms with Crippen LogP contribution in [0.2, 0.25) is 0 Å². The zero-order valence-electron chi connectivity index (χ0n) is 12.7. The monoisotopic (exact) mass is 278 g/mol. The summed E-state index contributed by atoms with van der Waals surface area (Å²) < 4.78 is 0. The highest BCUT2D eigenvalue weighted by molar-refractivity contribution is 5.57. The van der Waals surface area contributed by atoms with Crippen molar-refractivity contribution in [2.24, 2.45) is 5.92 Å². The standard InChI is InChI=1S/C15H26N4O/c1-4-6-13-18-14(16-3)10(2)15(19-13)17-12-8-5-7-11(12)9-20/h11-12,20H,4-9H2,1-3H3,(H2,16,17,18,19). The van der Waals surface area contributed by atoms with E-state index in [1.165, 1.54) is 6.42 Å². The molecule has 1 fully saturated rings. The van der Waals surface area contributed by atoms with Crippen LogP contribution in [0.25, 0.3) is 0 Å². The second kappa shape index (κ2) is 6.88. The van der Waals surface area contributed by atoms with Crippen molar-refractivity contribution >= 4 is 11.6 Å². The Bertz CT molecular complexity index is 450. The van der Waals surface area contributed by atoms with Gasteiger partial charge in [-0.3, -0.25) is 0 Å². The Morgan fingerprint density at radius 1 is 1.25 bits per heavy atom. The first-order valence-electron chi connectivity index (χ1n) is 7.62. The van der Waals surface area contributed by atoms with Gasteiger partial charge in [0.15, 0.2) is 0 Å². The number of nitrogens with zero attached hydrogens (tertiary/aromatic N) is 2. The summed E-state index contributed by atoms with van der Waals surface area (Å²) in [5.41, 5.74) is 1.05. The zero-order valence-corrected chi connectivity index (χ0v) is 12.7. The summed E-state index contributed by atoms with van der Waals surface area (Å²) in [6.07, 6.45) is 5.30. The molecule has 1 aromatic heterocycles. The first-order valence-corrected chi connectivity index (χ1v) is 7.62. The lowest BCUT2D eigenvalue weighted by Crippen LogP contribution is -2.27. The van der Waals surface area contributed by atoms with Crippen LogP contribution in [-0.2, 0) is 6.42 Å². The van der Waals surface area contributed by atoms with E-state index in [9.17, 15) is 5.11 Å². The van der Waals surface area contributed by atoms with Crippen LogP contribution in [0.15, 0.2) is 0 Å². The maximum atomic E-state index is 9.44. The SMILES string of the molecule is CCCc1nc(NC)c(C)c(NC2CCCC2CO)n1. The lowest BCUT2D eigenvalue weighted by molar-refractivity contribution is 0.222. The van der Waals surface area contributed by atoms with Crippen molar-refractivity contribution in [3.05, 3.63) is 11.4 Å². The Hall–Kier alpha value is -1.36. The summed E-state index contributed by atoms with van der Waals surface area (Å²) in [6.45, 7) is 4.42. The number of rotatable bonds is 6. The highest BCUT2D eigenvalue weighted by atomic mass is 16.3. The molecule has 3 N–H and O–H groups in total. The van der Waals surface area contributed by atoms with Crippen molar-refractivity contribution in [1.29, 1.82) is 0 Å². The Morgan fingerprint density at radius 2 is 2.00 bits per heavy atom. The van der Waals surface area contributed by atoms with Crippen molar-refractivity contribution in [2.75, 3.05) is 24.3 Å². The summed E-state index contributed by atoms with van der Waals surface area (Å²) >= 11 is 0. The first kappa shape index (κ1) is 15.0. The van der Waals surface area contributed by atoms with E-state index in [2.05, 4.69) is 27.5 Å². The van der Waals surface area contributed by atoms with E-state index in [1.807, 2.05) is 14.0 Å². The molecule has 5 nitrogen and oxygen atoms in total. The number of anilines is 2. The third-order valence-electron chi connectivity index (χ3n) is 4.12. The van der Waals surface area contributed by atoms with Gasteiger partial charge in [-0.2, -0.15) is 0 Å². The summed E-state index contributed by atoms with van der Waals surface area (Å²) in [5.74, 6) is 3.03. The minimum absolute atomic E-state index is 0.252. The largest absolute Gasteiger partial charge is 0.396 e. The van der Waals surface area contributed by atoms with Gasteiger partial charge in [-0.1, -0.05) is 13.3 Å². The number of hydrogen-bond acceptors (Lipinski definition) is 5. The van der Waals surface area contributed by atoms with E-state index < -0.39 is 0 Å². The van der Waals surface area contributed by atoms with Gasteiger partial charge in [-0.05, 0) is 26.2 Å². The summed E-state index contributed by atoms with van der Waals surface area (Å²) in [7, 11) is 1.89. The van der Waals surface area contributed by atoms with Crippen LogP contribution in [-0.4, -0.2) is 34.8 Å². The molecule has 2 unspecified atom stereocenters. The maximum Gasteiger partial charge on any atom is 0.135 e. The molecule has 2 rings (SSSR count). The predicted molar refractivity (Wildman–Crippen MR) is 82.1 cm³/mol. The van der Waals surface area contributed by atoms with Gasteiger partial charge in [0.25, 0.3) is 0 Å². The molecule has 0 aromatic carbocycles. The lowest BCUT2D eigenvalue weighted by atomic mass is 10.0. The van der Waals surface area contributed by atoms with Crippen molar-refractivity contribution < 1.29 is 5.11 Å². The summed E-state index contributed by atoms with van der Waals surface area (Å²) in [4.78, 5) is 9.20. The molecule has 0 saturated heterocycles. The Kier molecular flexibility index (Phi) is 5.17. The second-order valence-electron chi connectivity index (χ2n) is 5.59. The molecule has 1 aliphatic rings. The van der Waals surface area contributed by atoms with Crippen LogP contribution >= 0.6 is 0 Å². The average molecular weight is 278 g/mol. The predicted octanol–water partition coefficient (Wildman–Crippen LogP) is 2.35. The molecule has 0 aliphatic heterocycles. The Labute approximate surface area is 121 Å². The second-order valence-corrected chi connectivity index (χ2v) is 5.59. The fourth-order valence-corrected chi connectivity index (χ4v) is 2.90. The zero-order chi connectivity index (χ0) is 14.5. The maximum absolute atomic E-state index is 9.44. The lowest BCUT2D eigenvalue weighted by Gasteiger charge is -2.22. The van der Waals surface area contributed by atoms with Crippen LogP contribution in [0.1, 0.15) is 44.0 Å². The molecule has 1 heterocycles. The number of aryl methyl sites for hydroxylation is 1. The highest BCUT2D eigenvalue weighted by Crippen LogP contribution is 2.29. The molecule has 5 heteroatoms. The molecule has 0 spiro atoms. The number of aliphatic hydroxyl groups excluding tert-OH is 1. The third kappa shape index (κ3) is 3.20. The molecule has 1 aliphatic carbocycles. The summed E-state index contributed by atoms with van der Waals surface area (Å²) in [5, 5.41) is 16.1. The number of hydrogen-bond donors (Lipinski definition) is 3. The molecule has 20 heavy (non-hydrogen) atoms. The quantitative estimate of drug-likeness (QED) is 0.745. The minimum atomic E-state index is 0.252. The fraction of sp³-hybridized carbons (Fsp3) is 0.733. The van der Waals surface area contributed by atoms with E-state index in [0.29, 0.717) is 12.0 Å². The first-order chi connectivity index (χ1) is 9.69. The molecule has 0 bridgehead atoms. The third-order valence-corrected chi connectivity index (χ3v) is 4.12. The number of aromatic nitrogens is 2. The van der Waals surface area contributed by atoms with Crippen molar-refractivity contribution in [3.8, 4) is 0 Å². The van der Waals surface area contributed by atoms with Crippen LogP contribution in [0.4, 0.5) is 11.6 Å². The molecule has 0 amide bonds. The van der Waals surface area contributed by atoms with Crippen molar-refractivity contribution in [3.63, 3.8) is 0 Å². The minimum Gasteiger partial charge on any atom is -0.396 e. The molecule has 0 radical (unpaired) electrons. The average Bonchev–Trinajstić information content (AvgIpc) is 2.89. The molecular weight excluding hydrogens is 252 g/mol. The van der Waals surface area contributed by atoms with Crippen LogP contribution in [0.3, 0.4) is 0 Å². The molecule has 2 atom stereocenters. The van der Waals surface area contributed by atoms with Crippen LogP contribution < -0.4 is 10.6 Å². The summed E-state index contributed by atoms with van der Waals surface area (Å²) in [6, 6.07) is 0.327. The Balaban J connectivity index is 2.23. The van der Waals surface area contributed by atoms with Gasteiger partial charge in [0, 0.05) is 37.6 Å². The van der Waals surface area contributed by atoms with E-state index in [-0.39, 0.29) is 6.61 Å². The van der Waals surface area contributed by atoms with Gasteiger partial charge in [-0.25, -0.2) is 9.97 Å². The van der Waals surface area contributed by atoms with Gasteiger partial charge < -0.3 is 15.7 Å². The molecular formula is C15H26N4O. The molecule has 1 aromatic rings. The van der Waals surface area contributed by atoms with Gasteiger partial charge in [0.2, 0.25) is 0 Å². The van der Waals surface area contributed by atoms with Crippen LogP contribution in [0.5, 0.6) is 0 Å². The van der Waals surface area contributed by atoms with Gasteiger partial charge in [0.05, 0.1) is 0 Å². The fourth-order valence-electron chi connectivity index (χ4n) is 2.90. The van der Waals surface area contributed by atoms with E-state index in [4.69, 9.17) is 0 Å². The normalized spacial score (nSPS) is 22.0. The molecule has 112 valence electrons. The highest BCUT2D eigenvalue weighted by Gasteiger charge is 2.27. The van der Waals surface area contributed by atoms with Gasteiger partial charge in [0.1, 0.15) is 17.5 Å². The topological polar surface area (TPSA) is 70.1 Å². The van der Waals surface area contributed by atoms with Gasteiger partial charge in [-0.15, -0.1) is 0 Å². The number of nitrogens with one attached hydrogen (secondary N) is 2. The van der Waals surface area contributed by atoms with Gasteiger partial charge >= 0.3 is 0 Å². The van der Waals surface area contributed by atoms with Crippen molar-refractivity contribution in [2.45, 2.75) is 52.0 Å².